The molecule has 3 saturated heterocycles. The predicted molar refractivity (Wildman–Crippen MR) is 220 cm³/mol. The van der Waals surface area contributed by atoms with Crippen molar-refractivity contribution in [2.24, 2.45) is 11.7 Å². The van der Waals surface area contributed by atoms with Crippen LogP contribution in [0.15, 0.2) is 69.9 Å². The third kappa shape index (κ3) is 8.98. The first-order valence-corrected chi connectivity index (χ1v) is 21.0. The van der Waals surface area contributed by atoms with Gasteiger partial charge in [-0.15, -0.1) is 0 Å². The predicted octanol–water partition coefficient (Wildman–Crippen LogP) is 4.75. The van der Waals surface area contributed by atoms with E-state index in [1.54, 1.807) is 34.3 Å². The maximum absolute atomic E-state index is 14.9. The first-order chi connectivity index (χ1) is 27.1. The standard InChI is InChI=1S/C40H49Br2N9O5/c41-31-21-27(22-32(42)36(31)52)23-33(43)37(53)51(40(56)49-15-9-30(10-16-49)50-25-28-3-1-2-4-34(28)46-39(50)55)35(24-26-5-11-44-12-6-26)38(54)48-19-17-47(18-20-48)29-7-13-45-14-8-29/h1-4,7-8,13-14,21-22,26,30,33,35,44,52H,5-6,9-12,15-20,23-25,43H2,(H,46,55)/t33-,35+/m1/s1. The summed E-state index contributed by atoms with van der Waals surface area (Å²) in [6.07, 6.45) is 6.61. The van der Waals surface area contributed by atoms with E-state index < -0.39 is 24.0 Å². The molecule has 0 radical (unpaired) electrons. The van der Waals surface area contributed by atoms with Crippen molar-refractivity contribution in [1.82, 2.24) is 29.9 Å². The third-order valence-electron chi connectivity index (χ3n) is 11.6. The summed E-state index contributed by atoms with van der Waals surface area (Å²) in [5.74, 6) is -0.720. The topological polar surface area (TPSA) is 168 Å². The van der Waals surface area contributed by atoms with E-state index in [1.165, 1.54) is 4.90 Å². The van der Waals surface area contributed by atoms with Crippen LogP contribution in [0.2, 0.25) is 0 Å². The van der Waals surface area contributed by atoms with Gasteiger partial charge >= 0.3 is 12.1 Å². The molecule has 4 aliphatic heterocycles. The highest BCUT2D eigenvalue weighted by molar-refractivity contribution is 9.11. The molecule has 2 aromatic carbocycles. The van der Waals surface area contributed by atoms with Crippen molar-refractivity contribution in [2.45, 2.75) is 63.2 Å². The number of nitrogens with one attached hydrogen (secondary N) is 2. The number of piperidine rings is 2. The molecule has 2 atom stereocenters. The van der Waals surface area contributed by atoms with Gasteiger partial charge in [-0.1, -0.05) is 18.2 Å². The van der Waals surface area contributed by atoms with Gasteiger partial charge in [-0.2, -0.15) is 0 Å². The number of aromatic nitrogens is 1. The first kappa shape index (κ1) is 40.0. The summed E-state index contributed by atoms with van der Waals surface area (Å²) in [7, 11) is 0. The highest BCUT2D eigenvalue weighted by Crippen LogP contribution is 2.34. The van der Waals surface area contributed by atoms with E-state index in [0.717, 1.165) is 42.9 Å². The van der Waals surface area contributed by atoms with Crippen LogP contribution in [0.3, 0.4) is 0 Å². The van der Waals surface area contributed by atoms with E-state index in [4.69, 9.17) is 5.73 Å². The van der Waals surface area contributed by atoms with Gasteiger partial charge in [-0.3, -0.25) is 19.5 Å². The van der Waals surface area contributed by atoms with E-state index >= 15 is 0 Å². The summed E-state index contributed by atoms with van der Waals surface area (Å²) in [6.45, 7) is 4.77. The van der Waals surface area contributed by atoms with Gasteiger partial charge in [0, 0.05) is 75.6 Å². The van der Waals surface area contributed by atoms with Crippen molar-refractivity contribution in [1.29, 1.82) is 0 Å². The average Bonchev–Trinajstić information content (AvgIpc) is 3.22. The number of urea groups is 2. The maximum atomic E-state index is 14.9. The Bertz CT molecular complexity index is 1880. The number of imide groups is 1. The number of para-hydroxylation sites is 1. The number of carbonyl (C=O) groups excluding carboxylic acids is 4. The summed E-state index contributed by atoms with van der Waals surface area (Å²) >= 11 is 6.73. The lowest BCUT2D eigenvalue weighted by atomic mass is 9.89. The van der Waals surface area contributed by atoms with Gasteiger partial charge in [-0.25, -0.2) is 9.59 Å². The number of amides is 6. The molecule has 7 rings (SSSR count). The van der Waals surface area contributed by atoms with Gasteiger partial charge in [0.15, 0.2) is 0 Å². The number of likely N-dealkylation sites (tertiary alicyclic amines) is 1. The largest absolute Gasteiger partial charge is 0.506 e. The van der Waals surface area contributed by atoms with Crippen LogP contribution in [0.25, 0.3) is 0 Å². The van der Waals surface area contributed by atoms with E-state index in [9.17, 15) is 24.3 Å². The minimum absolute atomic E-state index is 0.0248. The molecule has 5 N–H and O–H groups in total. The Hall–Kier alpha value is -4.25. The van der Waals surface area contributed by atoms with Gasteiger partial charge in [0.2, 0.25) is 11.8 Å². The molecule has 298 valence electrons. The minimum Gasteiger partial charge on any atom is -0.506 e. The van der Waals surface area contributed by atoms with Gasteiger partial charge in [-0.05, 0) is 131 Å². The van der Waals surface area contributed by atoms with Crippen LogP contribution < -0.4 is 21.3 Å². The normalized spacial score (nSPS) is 19.2. The number of phenols is 1. The highest BCUT2D eigenvalue weighted by Gasteiger charge is 2.44. The van der Waals surface area contributed by atoms with Crippen LogP contribution in [0.5, 0.6) is 5.75 Å². The molecular formula is C40H49Br2N9O5. The number of rotatable bonds is 9. The van der Waals surface area contributed by atoms with Crippen molar-refractivity contribution in [3.63, 3.8) is 0 Å². The summed E-state index contributed by atoms with van der Waals surface area (Å²) < 4.78 is 0.876. The lowest BCUT2D eigenvalue weighted by Crippen LogP contribution is -2.63. The number of anilines is 2. The Balaban J connectivity index is 1.14. The average molecular weight is 896 g/mol. The summed E-state index contributed by atoms with van der Waals surface area (Å²) in [6, 6.07) is 12.0. The van der Waals surface area contributed by atoms with E-state index in [0.29, 0.717) is 79.6 Å². The maximum Gasteiger partial charge on any atom is 0.327 e. The number of pyridine rings is 1. The molecule has 0 bridgehead atoms. The van der Waals surface area contributed by atoms with E-state index in [-0.39, 0.29) is 36.1 Å². The number of fused-ring (bicyclic) bond motifs is 1. The van der Waals surface area contributed by atoms with Crippen LogP contribution in [-0.4, -0.2) is 124 Å². The quantitative estimate of drug-likeness (QED) is 0.237. The lowest BCUT2D eigenvalue weighted by Gasteiger charge is -2.44. The summed E-state index contributed by atoms with van der Waals surface area (Å²) in [5, 5.41) is 16.7. The van der Waals surface area contributed by atoms with Crippen molar-refractivity contribution in [2.75, 3.05) is 62.6 Å². The number of hydrogen-bond donors (Lipinski definition) is 4. The highest BCUT2D eigenvalue weighted by atomic mass is 79.9. The van der Waals surface area contributed by atoms with Crippen LogP contribution >= 0.6 is 31.9 Å². The molecule has 0 unspecified atom stereocenters. The third-order valence-corrected chi connectivity index (χ3v) is 12.8. The Labute approximate surface area is 344 Å². The molecule has 0 aliphatic carbocycles. The molecule has 4 aliphatic rings. The fourth-order valence-corrected chi connectivity index (χ4v) is 9.66. The lowest BCUT2D eigenvalue weighted by molar-refractivity contribution is -0.145. The number of carbonyl (C=O) groups is 4. The van der Waals surface area contributed by atoms with Crippen LogP contribution in [-0.2, 0) is 22.6 Å². The monoisotopic (exact) mass is 893 g/mol. The van der Waals surface area contributed by atoms with Gasteiger partial charge in [0.05, 0.1) is 15.0 Å². The number of aromatic hydroxyl groups is 1. The molecule has 14 nitrogen and oxygen atoms in total. The fourth-order valence-electron chi connectivity index (χ4n) is 8.38. The minimum atomic E-state index is -1.15. The summed E-state index contributed by atoms with van der Waals surface area (Å²) in [4.78, 5) is 70.4. The molecule has 0 spiro atoms. The molecule has 6 amide bonds. The Morgan fingerprint density at radius 1 is 0.911 bits per heavy atom. The van der Waals surface area contributed by atoms with Crippen molar-refractivity contribution >= 4 is 67.1 Å². The van der Waals surface area contributed by atoms with Crippen LogP contribution in [0, 0.1) is 5.92 Å². The molecule has 56 heavy (non-hydrogen) atoms. The van der Waals surface area contributed by atoms with Crippen LogP contribution in [0.4, 0.5) is 21.0 Å². The Morgan fingerprint density at radius 3 is 2.25 bits per heavy atom. The van der Waals surface area contributed by atoms with E-state index in [1.807, 2.05) is 41.3 Å². The van der Waals surface area contributed by atoms with Gasteiger partial charge < -0.3 is 41.1 Å². The zero-order valence-corrected chi connectivity index (χ0v) is 34.5. The smallest absolute Gasteiger partial charge is 0.327 e. The van der Waals surface area contributed by atoms with Crippen molar-refractivity contribution in [3.8, 4) is 5.75 Å². The number of phenolic OH excluding ortho intramolecular Hbond substituents is 1. The molecule has 3 fully saturated rings. The number of halogens is 2. The Kier molecular flexibility index (Phi) is 12.8. The zero-order chi connectivity index (χ0) is 39.3. The van der Waals surface area contributed by atoms with Gasteiger partial charge in [0.25, 0.3) is 0 Å². The molecule has 1 aromatic heterocycles. The molecule has 5 heterocycles. The first-order valence-electron chi connectivity index (χ1n) is 19.4. The summed E-state index contributed by atoms with van der Waals surface area (Å²) in [5.41, 5.74) is 10.2. The molecular weight excluding hydrogens is 846 g/mol. The fraction of sp³-hybridized carbons (Fsp3) is 0.475. The number of piperazine rings is 1. The number of nitrogens with two attached hydrogens (primary N) is 1. The number of benzene rings is 2. The van der Waals surface area contributed by atoms with Crippen molar-refractivity contribution < 1.29 is 24.3 Å². The molecule has 0 saturated carbocycles. The SMILES string of the molecule is N[C@H](Cc1cc(Br)c(O)c(Br)c1)C(=O)N(C(=O)N1CCC(N2Cc3ccccc3NC2=O)CC1)[C@@H](CC1CCNCC1)C(=O)N1CCN(c2ccncc2)CC1. The second kappa shape index (κ2) is 17.9. The second-order valence-corrected chi connectivity index (χ2v) is 16.8. The van der Waals surface area contributed by atoms with Crippen LogP contribution in [0.1, 0.15) is 43.2 Å². The second-order valence-electron chi connectivity index (χ2n) is 15.1. The van der Waals surface area contributed by atoms with E-state index in [2.05, 4.69) is 52.4 Å². The zero-order valence-electron chi connectivity index (χ0n) is 31.3. The van der Waals surface area contributed by atoms with Crippen molar-refractivity contribution in [3.05, 3.63) is 81.0 Å². The molecule has 16 heteroatoms. The number of hydrogen-bond acceptors (Lipinski definition) is 9. The number of nitrogens with zero attached hydrogens (tertiary/aromatic N) is 6. The Morgan fingerprint density at radius 2 is 1.57 bits per heavy atom. The van der Waals surface area contributed by atoms with Gasteiger partial charge in [0.1, 0.15) is 11.8 Å². The molecule has 3 aromatic rings.